The molecule has 0 bridgehead atoms. The third-order valence-electron chi connectivity index (χ3n) is 2.35. The molecule has 0 aliphatic rings. The maximum atomic E-state index is 5.64. The highest BCUT2D eigenvalue weighted by molar-refractivity contribution is 7.18. The fourth-order valence-corrected chi connectivity index (χ4v) is 2.30. The van der Waals surface area contributed by atoms with Crippen LogP contribution in [0.5, 0.6) is 0 Å². The van der Waals surface area contributed by atoms with E-state index in [0.29, 0.717) is 16.8 Å². The number of anilines is 1. The van der Waals surface area contributed by atoms with E-state index in [4.69, 9.17) is 10.3 Å². The lowest BCUT2D eigenvalue weighted by atomic mass is 10.3. The molecule has 0 radical (unpaired) electrons. The average Bonchev–Trinajstić information content (AvgIpc) is 2.97. The van der Waals surface area contributed by atoms with Crippen molar-refractivity contribution in [1.82, 2.24) is 20.1 Å². The minimum Gasteiger partial charge on any atom is -0.375 e. The molecule has 18 heavy (non-hydrogen) atoms. The zero-order valence-corrected chi connectivity index (χ0v) is 10.3. The maximum Gasteiger partial charge on any atom is 0.270 e. The van der Waals surface area contributed by atoms with E-state index in [-0.39, 0.29) is 0 Å². The summed E-state index contributed by atoms with van der Waals surface area (Å²) in [6.45, 7) is 1.86. The van der Waals surface area contributed by atoms with Crippen LogP contribution >= 0.6 is 11.3 Å². The molecule has 6 nitrogen and oxygen atoms in total. The van der Waals surface area contributed by atoms with Crippen LogP contribution < -0.4 is 5.73 Å². The van der Waals surface area contributed by atoms with Gasteiger partial charge in [0.05, 0.1) is 5.69 Å². The number of thiazole rings is 1. The lowest BCUT2D eigenvalue weighted by Gasteiger charge is -1.90. The van der Waals surface area contributed by atoms with E-state index in [1.807, 2.05) is 19.1 Å². The second kappa shape index (κ2) is 4.19. The molecule has 3 aromatic rings. The predicted molar refractivity (Wildman–Crippen MR) is 67.8 cm³/mol. The number of nitrogens with two attached hydrogens (primary N) is 1. The molecule has 0 unspecified atom stereocenters. The molecule has 0 aliphatic carbocycles. The van der Waals surface area contributed by atoms with Crippen molar-refractivity contribution in [1.29, 1.82) is 0 Å². The van der Waals surface area contributed by atoms with Crippen LogP contribution in [0.4, 0.5) is 5.13 Å². The van der Waals surface area contributed by atoms with Gasteiger partial charge in [-0.2, -0.15) is 4.98 Å². The van der Waals surface area contributed by atoms with Gasteiger partial charge < -0.3 is 10.3 Å². The monoisotopic (exact) mass is 259 g/mol. The van der Waals surface area contributed by atoms with E-state index >= 15 is 0 Å². The summed E-state index contributed by atoms with van der Waals surface area (Å²) in [5.41, 5.74) is 7.24. The van der Waals surface area contributed by atoms with Crippen molar-refractivity contribution < 1.29 is 4.52 Å². The molecule has 3 rings (SSSR count). The first-order valence-corrected chi connectivity index (χ1v) is 6.03. The Kier molecular flexibility index (Phi) is 2.52. The minimum absolute atomic E-state index is 0.431. The van der Waals surface area contributed by atoms with Crippen LogP contribution in [0.2, 0.25) is 0 Å². The Morgan fingerprint density at radius 3 is 2.89 bits per heavy atom. The minimum atomic E-state index is 0.431. The van der Waals surface area contributed by atoms with Gasteiger partial charge >= 0.3 is 0 Å². The summed E-state index contributed by atoms with van der Waals surface area (Å²) in [7, 11) is 0. The molecule has 3 heterocycles. The van der Waals surface area contributed by atoms with Crippen molar-refractivity contribution in [3.63, 3.8) is 0 Å². The Labute approximate surface area is 107 Å². The van der Waals surface area contributed by atoms with Crippen molar-refractivity contribution in [2.45, 2.75) is 6.92 Å². The van der Waals surface area contributed by atoms with E-state index in [2.05, 4.69) is 20.1 Å². The van der Waals surface area contributed by atoms with Gasteiger partial charge in [0.2, 0.25) is 5.82 Å². The Morgan fingerprint density at radius 2 is 2.22 bits per heavy atom. The van der Waals surface area contributed by atoms with E-state index < -0.39 is 0 Å². The number of hydrogen-bond acceptors (Lipinski definition) is 7. The highest BCUT2D eigenvalue weighted by Crippen LogP contribution is 2.31. The molecule has 7 heteroatoms. The standard InChI is InChI=1S/C11H9N5OS/c1-6-8(18-11(12)14-6)10-15-9(16-17-10)7-3-2-4-13-5-7/h2-5H,1H3,(H2,12,14). The Balaban J connectivity index is 2.02. The quantitative estimate of drug-likeness (QED) is 0.758. The Bertz CT molecular complexity index is 676. The van der Waals surface area contributed by atoms with Crippen LogP contribution in [0.25, 0.3) is 22.2 Å². The number of nitrogen functional groups attached to an aromatic ring is 1. The van der Waals surface area contributed by atoms with E-state index in [1.54, 1.807) is 12.4 Å². The summed E-state index contributed by atoms with van der Waals surface area (Å²) in [5, 5.41) is 4.41. The fourth-order valence-electron chi connectivity index (χ4n) is 1.54. The largest absolute Gasteiger partial charge is 0.375 e. The zero-order chi connectivity index (χ0) is 12.5. The summed E-state index contributed by atoms with van der Waals surface area (Å²) in [5.74, 6) is 0.935. The number of rotatable bonds is 2. The highest BCUT2D eigenvalue weighted by Gasteiger charge is 2.16. The molecule has 0 amide bonds. The molecule has 0 fully saturated rings. The molecule has 0 aromatic carbocycles. The maximum absolute atomic E-state index is 5.64. The third-order valence-corrected chi connectivity index (χ3v) is 3.33. The molecular formula is C11H9N5OS. The van der Waals surface area contributed by atoms with Gasteiger partial charge in [-0.25, -0.2) is 4.98 Å². The van der Waals surface area contributed by atoms with Gasteiger partial charge in [0.15, 0.2) is 5.13 Å². The second-order valence-corrected chi connectivity index (χ2v) is 4.66. The summed E-state index contributed by atoms with van der Waals surface area (Å²) in [4.78, 5) is 13.3. The van der Waals surface area contributed by atoms with Crippen LogP contribution in [0, 0.1) is 6.92 Å². The van der Waals surface area contributed by atoms with Crippen molar-refractivity contribution in [2.75, 3.05) is 5.73 Å². The molecule has 0 spiro atoms. The fraction of sp³-hybridized carbons (Fsp3) is 0.0909. The summed E-state index contributed by atoms with van der Waals surface area (Å²) >= 11 is 1.33. The van der Waals surface area contributed by atoms with E-state index in [9.17, 15) is 0 Å². The molecule has 0 saturated carbocycles. The molecular weight excluding hydrogens is 250 g/mol. The predicted octanol–water partition coefficient (Wildman–Crippen LogP) is 2.15. The van der Waals surface area contributed by atoms with Crippen LogP contribution in [-0.2, 0) is 0 Å². The van der Waals surface area contributed by atoms with Crippen LogP contribution in [0.15, 0.2) is 29.0 Å². The van der Waals surface area contributed by atoms with Gasteiger partial charge in [-0.3, -0.25) is 4.98 Å². The van der Waals surface area contributed by atoms with Crippen LogP contribution in [-0.4, -0.2) is 20.1 Å². The first-order chi connectivity index (χ1) is 8.74. The molecule has 0 aliphatic heterocycles. The summed E-state index contributed by atoms with van der Waals surface area (Å²) in [6, 6.07) is 3.69. The van der Waals surface area contributed by atoms with Gasteiger partial charge in [0, 0.05) is 18.0 Å². The Hall–Kier alpha value is -2.28. The second-order valence-electron chi connectivity index (χ2n) is 3.63. The Morgan fingerprint density at radius 1 is 1.33 bits per heavy atom. The number of pyridine rings is 1. The topological polar surface area (TPSA) is 90.7 Å². The van der Waals surface area contributed by atoms with E-state index in [1.165, 1.54) is 11.3 Å². The van der Waals surface area contributed by atoms with Gasteiger partial charge in [0.25, 0.3) is 5.89 Å². The van der Waals surface area contributed by atoms with Crippen molar-refractivity contribution in [3.05, 3.63) is 30.2 Å². The molecule has 0 atom stereocenters. The molecule has 2 N–H and O–H groups in total. The van der Waals surface area contributed by atoms with Gasteiger partial charge in [-0.1, -0.05) is 16.5 Å². The summed E-state index contributed by atoms with van der Waals surface area (Å²) < 4.78 is 5.23. The van der Waals surface area contributed by atoms with Crippen LogP contribution in [0.1, 0.15) is 5.69 Å². The number of aromatic nitrogens is 4. The zero-order valence-electron chi connectivity index (χ0n) is 9.49. The molecule has 3 aromatic heterocycles. The van der Waals surface area contributed by atoms with Gasteiger partial charge in [-0.05, 0) is 19.1 Å². The van der Waals surface area contributed by atoms with E-state index in [0.717, 1.165) is 16.1 Å². The van der Waals surface area contributed by atoms with Gasteiger partial charge in [0.1, 0.15) is 4.88 Å². The van der Waals surface area contributed by atoms with Crippen molar-refractivity contribution in [2.24, 2.45) is 0 Å². The van der Waals surface area contributed by atoms with Crippen molar-refractivity contribution >= 4 is 16.5 Å². The lowest BCUT2D eigenvalue weighted by molar-refractivity contribution is 0.433. The molecule has 0 saturated heterocycles. The lowest BCUT2D eigenvalue weighted by Crippen LogP contribution is -1.82. The first kappa shape index (κ1) is 10.8. The smallest absolute Gasteiger partial charge is 0.270 e. The summed E-state index contributed by atoms with van der Waals surface area (Å²) in [6.07, 6.45) is 3.38. The third kappa shape index (κ3) is 1.84. The highest BCUT2D eigenvalue weighted by atomic mass is 32.1. The number of nitrogens with zero attached hydrogens (tertiary/aromatic N) is 4. The number of aryl methyl sites for hydroxylation is 1. The average molecular weight is 259 g/mol. The first-order valence-electron chi connectivity index (χ1n) is 5.21. The van der Waals surface area contributed by atoms with Crippen molar-refractivity contribution in [3.8, 4) is 22.2 Å². The number of hydrogen-bond donors (Lipinski definition) is 1. The molecule has 90 valence electrons. The normalized spacial score (nSPS) is 10.7. The van der Waals surface area contributed by atoms with Crippen LogP contribution in [0.3, 0.4) is 0 Å². The van der Waals surface area contributed by atoms with Gasteiger partial charge in [-0.15, -0.1) is 0 Å². The SMILES string of the molecule is Cc1nc(N)sc1-c1nc(-c2cccnc2)no1.